The predicted molar refractivity (Wildman–Crippen MR) is 87.2 cm³/mol. The average Bonchev–Trinajstić information content (AvgIpc) is 3.01. The molecule has 1 saturated heterocycles. The van der Waals surface area contributed by atoms with E-state index in [0.717, 1.165) is 16.8 Å². The lowest BCUT2D eigenvalue weighted by Crippen LogP contribution is -2.19. The van der Waals surface area contributed by atoms with E-state index < -0.39 is 0 Å². The number of hydrogen-bond donors (Lipinski definition) is 1. The summed E-state index contributed by atoms with van der Waals surface area (Å²) in [7, 11) is 0. The lowest BCUT2D eigenvalue weighted by Gasteiger charge is -2.21. The third-order valence-electron chi connectivity index (χ3n) is 3.65. The van der Waals surface area contributed by atoms with Gasteiger partial charge in [-0.2, -0.15) is 0 Å². The molecule has 2 heterocycles. The monoisotopic (exact) mass is 331 g/mol. The molecule has 0 aliphatic carbocycles. The third kappa shape index (κ3) is 3.12. The van der Waals surface area contributed by atoms with E-state index in [9.17, 15) is 0 Å². The molecule has 1 N–H and O–H groups in total. The largest absolute Gasteiger partial charge is 0.380 e. The van der Waals surface area contributed by atoms with Crippen molar-refractivity contribution in [3.63, 3.8) is 0 Å². The molecule has 1 aliphatic heterocycles. The first-order chi connectivity index (χ1) is 9.83. The Balaban J connectivity index is 1.72. The Kier molecular flexibility index (Phi) is 4.21. The summed E-state index contributed by atoms with van der Waals surface area (Å²) in [4.78, 5) is 6.72. The van der Waals surface area contributed by atoms with Crippen molar-refractivity contribution in [2.45, 2.75) is 19.4 Å². The Morgan fingerprint density at radius 2 is 1.90 bits per heavy atom. The normalized spacial score (nSPS) is 14.6. The molecule has 0 spiro atoms. The Bertz CT molecular complexity index is 562. The Morgan fingerprint density at radius 1 is 1.10 bits per heavy atom. The van der Waals surface area contributed by atoms with Crippen LogP contribution < -0.4 is 10.2 Å². The van der Waals surface area contributed by atoms with Gasteiger partial charge in [0.1, 0.15) is 4.60 Å². The van der Waals surface area contributed by atoms with Gasteiger partial charge in [-0.15, -0.1) is 0 Å². The molecule has 3 nitrogen and oxygen atoms in total. The lowest BCUT2D eigenvalue weighted by atomic mass is 10.1. The number of aromatic nitrogens is 1. The van der Waals surface area contributed by atoms with E-state index in [-0.39, 0.29) is 0 Å². The molecule has 0 amide bonds. The molecule has 2 aromatic rings. The van der Waals surface area contributed by atoms with Gasteiger partial charge in [0.05, 0.1) is 11.9 Å². The Morgan fingerprint density at radius 3 is 2.65 bits per heavy atom. The predicted octanol–water partition coefficient (Wildman–Crippen LogP) is 4.06. The van der Waals surface area contributed by atoms with Crippen molar-refractivity contribution < 1.29 is 0 Å². The highest BCUT2D eigenvalue weighted by molar-refractivity contribution is 9.10. The minimum Gasteiger partial charge on any atom is -0.380 e. The topological polar surface area (TPSA) is 28.2 Å². The van der Waals surface area contributed by atoms with Gasteiger partial charge >= 0.3 is 0 Å². The van der Waals surface area contributed by atoms with Gasteiger partial charge in [-0.3, -0.25) is 0 Å². The van der Waals surface area contributed by atoms with E-state index >= 15 is 0 Å². The smallest absolute Gasteiger partial charge is 0.106 e. The van der Waals surface area contributed by atoms with Crippen LogP contribution in [0.5, 0.6) is 0 Å². The van der Waals surface area contributed by atoms with E-state index in [1.165, 1.54) is 37.2 Å². The lowest BCUT2D eigenvalue weighted by molar-refractivity contribution is 0.949. The van der Waals surface area contributed by atoms with Gasteiger partial charge in [-0.1, -0.05) is 18.2 Å². The molecule has 1 aliphatic rings. The van der Waals surface area contributed by atoms with Crippen molar-refractivity contribution >= 4 is 27.3 Å². The zero-order chi connectivity index (χ0) is 13.8. The minimum absolute atomic E-state index is 0.829. The maximum absolute atomic E-state index is 4.24. The number of halogens is 1. The number of pyridine rings is 1. The summed E-state index contributed by atoms with van der Waals surface area (Å²) >= 11 is 3.35. The van der Waals surface area contributed by atoms with Crippen molar-refractivity contribution in [1.29, 1.82) is 0 Å². The molecule has 20 heavy (non-hydrogen) atoms. The summed E-state index contributed by atoms with van der Waals surface area (Å²) in [5.41, 5.74) is 3.75. The molecule has 3 rings (SSSR count). The number of benzene rings is 1. The SMILES string of the molecule is Brc1ccc(NCc2ccccc2N2CCCC2)cn1. The van der Waals surface area contributed by atoms with Gasteiger partial charge in [-0.05, 0) is 52.5 Å². The number of para-hydroxylation sites is 1. The van der Waals surface area contributed by atoms with Crippen LogP contribution in [0.1, 0.15) is 18.4 Å². The second kappa shape index (κ2) is 6.27. The molecule has 0 unspecified atom stereocenters. The maximum Gasteiger partial charge on any atom is 0.106 e. The summed E-state index contributed by atoms with van der Waals surface area (Å²) in [6.45, 7) is 3.18. The number of nitrogens with zero attached hydrogens (tertiary/aromatic N) is 2. The molecule has 1 aromatic carbocycles. The highest BCUT2D eigenvalue weighted by Crippen LogP contribution is 2.25. The van der Waals surface area contributed by atoms with Crippen LogP contribution in [0.4, 0.5) is 11.4 Å². The molecular weight excluding hydrogens is 314 g/mol. The number of rotatable bonds is 4. The molecule has 104 valence electrons. The van der Waals surface area contributed by atoms with E-state index in [0.29, 0.717) is 0 Å². The molecule has 0 saturated carbocycles. The summed E-state index contributed by atoms with van der Waals surface area (Å²) < 4.78 is 0.862. The minimum atomic E-state index is 0.829. The summed E-state index contributed by atoms with van der Waals surface area (Å²) in [5.74, 6) is 0. The zero-order valence-electron chi connectivity index (χ0n) is 11.3. The highest BCUT2D eigenvalue weighted by Gasteiger charge is 2.14. The molecule has 0 bridgehead atoms. The molecule has 1 aromatic heterocycles. The van der Waals surface area contributed by atoms with Gasteiger partial charge in [0.15, 0.2) is 0 Å². The third-order valence-corrected chi connectivity index (χ3v) is 4.12. The number of anilines is 2. The van der Waals surface area contributed by atoms with Gasteiger partial charge in [-0.25, -0.2) is 4.98 Å². The van der Waals surface area contributed by atoms with Crippen molar-refractivity contribution in [1.82, 2.24) is 4.98 Å². The van der Waals surface area contributed by atoms with Crippen LogP contribution in [0.25, 0.3) is 0 Å². The first-order valence-corrected chi connectivity index (χ1v) is 7.80. The molecule has 1 fully saturated rings. The van der Waals surface area contributed by atoms with E-state index in [4.69, 9.17) is 0 Å². The maximum atomic E-state index is 4.24. The van der Waals surface area contributed by atoms with Crippen LogP contribution in [0, 0.1) is 0 Å². The van der Waals surface area contributed by atoms with Crippen molar-refractivity contribution in [3.8, 4) is 0 Å². The van der Waals surface area contributed by atoms with Crippen LogP contribution in [0.3, 0.4) is 0 Å². The summed E-state index contributed by atoms with van der Waals surface area (Å²) in [6, 6.07) is 12.6. The van der Waals surface area contributed by atoms with Crippen LogP contribution >= 0.6 is 15.9 Å². The Hall–Kier alpha value is -1.55. The van der Waals surface area contributed by atoms with Crippen LogP contribution in [0.15, 0.2) is 47.2 Å². The summed E-state index contributed by atoms with van der Waals surface area (Å²) in [5, 5.41) is 3.44. The fourth-order valence-electron chi connectivity index (χ4n) is 2.60. The van der Waals surface area contributed by atoms with E-state index in [1.54, 1.807) is 0 Å². The van der Waals surface area contributed by atoms with Gasteiger partial charge in [0.25, 0.3) is 0 Å². The van der Waals surface area contributed by atoms with E-state index in [1.807, 2.05) is 18.3 Å². The fraction of sp³-hybridized carbons (Fsp3) is 0.312. The molecule has 4 heteroatoms. The van der Waals surface area contributed by atoms with Crippen molar-refractivity contribution in [3.05, 3.63) is 52.8 Å². The zero-order valence-corrected chi connectivity index (χ0v) is 12.9. The van der Waals surface area contributed by atoms with E-state index in [2.05, 4.69) is 55.4 Å². The molecule has 0 atom stereocenters. The van der Waals surface area contributed by atoms with Gasteiger partial charge < -0.3 is 10.2 Å². The number of nitrogens with one attached hydrogen (secondary N) is 1. The number of hydrogen-bond acceptors (Lipinski definition) is 3. The first-order valence-electron chi connectivity index (χ1n) is 7.01. The van der Waals surface area contributed by atoms with Gasteiger partial charge in [0.2, 0.25) is 0 Å². The van der Waals surface area contributed by atoms with Gasteiger partial charge in [0, 0.05) is 25.3 Å². The first kappa shape index (κ1) is 13.4. The second-order valence-corrected chi connectivity index (χ2v) is 5.86. The van der Waals surface area contributed by atoms with Crippen molar-refractivity contribution in [2.24, 2.45) is 0 Å². The average molecular weight is 332 g/mol. The molecule has 0 radical (unpaired) electrons. The highest BCUT2D eigenvalue weighted by atomic mass is 79.9. The fourth-order valence-corrected chi connectivity index (χ4v) is 2.84. The van der Waals surface area contributed by atoms with Crippen LogP contribution in [-0.4, -0.2) is 18.1 Å². The van der Waals surface area contributed by atoms with Crippen LogP contribution in [0.2, 0.25) is 0 Å². The van der Waals surface area contributed by atoms with Crippen molar-refractivity contribution in [2.75, 3.05) is 23.3 Å². The molecular formula is C16H18BrN3. The standard InChI is InChI=1S/C16H18BrN3/c17-16-8-7-14(12-19-16)18-11-13-5-1-2-6-15(13)20-9-3-4-10-20/h1-2,5-8,12,18H,3-4,9-11H2. The second-order valence-electron chi connectivity index (χ2n) is 5.05. The van der Waals surface area contributed by atoms with Crippen LogP contribution in [-0.2, 0) is 6.54 Å². The summed E-state index contributed by atoms with van der Waals surface area (Å²) in [6.07, 6.45) is 4.46. The quantitative estimate of drug-likeness (QED) is 0.856. The Labute approximate surface area is 128 Å².